The zero-order chi connectivity index (χ0) is 43.9. The van der Waals surface area contributed by atoms with Crippen molar-refractivity contribution in [2.24, 2.45) is 5.41 Å². The van der Waals surface area contributed by atoms with Crippen LogP contribution in [0.5, 0.6) is 0 Å². The highest BCUT2D eigenvalue weighted by Crippen LogP contribution is 2.51. The van der Waals surface area contributed by atoms with Gasteiger partial charge in [-0.3, -0.25) is 18.5 Å². The first-order valence-corrected chi connectivity index (χ1v) is 25.2. The summed E-state index contributed by atoms with van der Waals surface area (Å²) >= 11 is 0. The molecule has 13 nitrogen and oxygen atoms in total. The van der Waals surface area contributed by atoms with Gasteiger partial charge < -0.3 is 10.2 Å². The number of amides is 1. The maximum absolute atomic E-state index is 12.6. The molecule has 0 aromatic heterocycles. The van der Waals surface area contributed by atoms with Crippen molar-refractivity contribution in [3.63, 3.8) is 0 Å². The molecule has 2 aliphatic heterocycles. The number of carbonyl (C=O) groups excluding carboxylic acids is 1. The molecule has 2 aromatic rings. The van der Waals surface area contributed by atoms with Crippen molar-refractivity contribution >= 4 is 53.3 Å². The van der Waals surface area contributed by atoms with Crippen LogP contribution < -0.4 is 10.2 Å². The van der Waals surface area contributed by atoms with E-state index < -0.39 is 52.7 Å². The van der Waals surface area contributed by atoms with E-state index in [2.05, 4.69) is 44.0 Å². The van der Waals surface area contributed by atoms with Crippen molar-refractivity contribution in [2.75, 3.05) is 36.0 Å². The largest absolute Gasteiger partial charge is 0.356 e. The Hall–Kier alpha value is -3.41. The number of nitrogens with zero attached hydrogens (tertiary/aromatic N) is 2. The minimum absolute atomic E-state index is 0.0599. The minimum Gasteiger partial charge on any atom is -0.356 e. The lowest BCUT2D eigenvalue weighted by Gasteiger charge is -2.30. The third kappa shape index (κ3) is 13.5. The Balaban J connectivity index is 1.60. The van der Waals surface area contributed by atoms with E-state index in [1.165, 1.54) is 12.1 Å². The first kappa shape index (κ1) is 48.3. The van der Waals surface area contributed by atoms with E-state index in [-0.39, 0.29) is 30.2 Å². The number of allylic oxidation sites excluding steroid dienone is 4. The van der Waals surface area contributed by atoms with Crippen LogP contribution in [0.15, 0.2) is 71.3 Å². The fraction of sp³-hybridized carbons (Fsp3) is 0.581. The van der Waals surface area contributed by atoms with Crippen molar-refractivity contribution in [3.8, 4) is 0 Å². The summed E-state index contributed by atoms with van der Waals surface area (Å²) in [4.78, 5) is 14.4. The minimum atomic E-state index is -4.51. The van der Waals surface area contributed by atoms with Crippen molar-refractivity contribution in [1.82, 2.24) is 5.32 Å². The van der Waals surface area contributed by atoms with E-state index in [0.29, 0.717) is 36.2 Å². The molecule has 1 atom stereocenters. The van der Waals surface area contributed by atoms with Gasteiger partial charge in [0, 0.05) is 60.4 Å². The number of fused-ring (bicyclic) bond motifs is 2. The van der Waals surface area contributed by atoms with Gasteiger partial charge in [0.2, 0.25) is 11.6 Å². The van der Waals surface area contributed by atoms with Gasteiger partial charge in [0.25, 0.3) is 30.4 Å². The molecule has 0 fully saturated rings. The number of carbonyl (C=O) groups is 1. The van der Waals surface area contributed by atoms with Crippen LogP contribution in [0.4, 0.5) is 11.4 Å². The maximum Gasteiger partial charge on any atom is 0.294 e. The van der Waals surface area contributed by atoms with E-state index >= 15 is 0 Å². The monoisotopic (exact) mass is 878 g/mol. The smallest absolute Gasteiger partial charge is 0.294 e. The van der Waals surface area contributed by atoms with Crippen LogP contribution in [0.3, 0.4) is 0 Å². The number of para-hydroxylation sites is 1. The number of rotatable bonds is 22. The zero-order valence-corrected chi connectivity index (χ0v) is 37.9. The maximum atomic E-state index is 12.6. The summed E-state index contributed by atoms with van der Waals surface area (Å²) in [7, 11) is -12.9. The number of benzene rings is 2. The summed E-state index contributed by atoms with van der Waals surface area (Å²) in [5.41, 5.74) is 3.91. The molecule has 16 heteroatoms. The molecule has 0 saturated carbocycles. The molecule has 2 aliphatic rings. The van der Waals surface area contributed by atoms with Crippen molar-refractivity contribution in [3.05, 3.63) is 77.5 Å². The van der Waals surface area contributed by atoms with Crippen LogP contribution in [-0.2, 0) is 46.0 Å². The summed E-state index contributed by atoms with van der Waals surface area (Å²) in [5, 5.41) is 3.06. The van der Waals surface area contributed by atoms with Crippen LogP contribution >= 0.6 is 0 Å². The Bertz CT molecular complexity index is 2260. The molecule has 4 N–H and O–H groups in total. The van der Waals surface area contributed by atoms with E-state index in [1.54, 1.807) is 6.07 Å². The highest BCUT2D eigenvalue weighted by Gasteiger charge is 2.46. The molecule has 1 unspecified atom stereocenters. The molecule has 0 bridgehead atoms. The number of unbranched alkanes of at least 4 members (excludes halogenated alkanes) is 4. The Morgan fingerprint density at radius 2 is 1.47 bits per heavy atom. The highest BCUT2D eigenvalue weighted by atomic mass is 32.2. The average molecular weight is 879 g/mol. The first-order chi connectivity index (χ1) is 27.3. The predicted molar refractivity (Wildman–Crippen MR) is 234 cm³/mol. The van der Waals surface area contributed by atoms with Gasteiger partial charge >= 0.3 is 0 Å². The van der Waals surface area contributed by atoms with Gasteiger partial charge in [-0.25, -0.2) is 0 Å². The van der Waals surface area contributed by atoms with Crippen LogP contribution in [0.1, 0.15) is 123 Å². The molecule has 328 valence electrons. The lowest BCUT2D eigenvalue weighted by atomic mass is 9.77. The molecule has 2 heterocycles. The molecule has 0 saturated heterocycles. The summed E-state index contributed by atoms with van der Waals surface area (Å²) in [6, 6.07) is 12.2. The van der Waals surface area contributed by atoms with Crippen molar-refractivity contribution in [1.29, 1.82) is 0 Å². The van der Waals surface area contributed by atoms with E-state index in [9.17, 15) is 43.7 Å². The molecule has 0 spiro atoms. The van der Waals surface area contributed by atoms with Crippen LogP contribution in [0.2, 0.25) is 0 Å². The summed E-state index contributed by atoms with van der Waals surface area (Å²) in [5.74, 6) is -0.815. The Labute approximate surface area is 352 Å². The average Bonchev–Trinajstić information content (AvgIpc) is 3.47. The Kier molecular flexibility index (Phi) is 16.0. The van der Waals surface area contributed by atoms with Gasteiger partial charge in [-0.1, -0.05) is 70.7 Å². The Morgan fingerprint density at radius 3 is 2.14 bits per heavy atom. The molecular formula is C43H64N3O10S3+. The van der Waals surface area contributed by atoms with Gasteiger partial charge in [-0.2, -0.15) is 29.8 Å². The summed E-state index contributed by atoms with van der Waals surface area (Å²) in [6.07, 6.45) is 14.0. The topological polar surface area (TPSA) is 198 Å². The quantitative estimate of drug-likeness (QED) is 0.0512. The summed E-state index contributed by atoms with van der Waals surface area (Å²) < 4.78 is 102. The predicted octanol–water partition coefficient (Wildman–Crippen LogP) is 7.76. The van der Waals surface area contributed by atoms with E-state index in [4.69, 9.17) is 0 Å². The molecule has 1 amide bonds. The van der Waals surface area contributed by atoms with Crippen molar-refractivity contribution < 1.29 is 48.3 Å². The SMILES string of the molecule is CC(C)(C)CCCCCNC(=O)CCCCCC1(C)/C(=C\C=C\C2=[N+](CCCS(=O)(=O)O)c3ccc(S(=O)(=O)O)cc3C2(C)C)N(CCCS(=O)(=O)O)c2ccccc21. The highest BCUT2D eigenvalue weighted by molar-refractivity contribution is 7.86. The summed E-state index contributed by atoms with van der Waals surface area (Å²) in [6.45, 7) is 13.9. The van der Waals surface area contributed by atoms with Gasteiger partial charge in [0.05, 0.1) is 21.8 Å². The molecule has 59 heavy (non-hydrogen) atoms. The Morgan fingerprint density at radius 1 is 0.814 bits per heavy atom. The molecular weight excluding hydrogens is 815 g/mol. The number of nitrogens with one attached hydrogen (secondary N) is 1. The van der Waals surface area contributed by atoms with Crippen LogP contribution in [0.25, 0.3) is 0 Å². The van der Waals surface area contributed by atoms with E-state index in [1.807, 2.05) is 54.9 Å². The van der Waals surface area contributed by atoms with Gasteiger partial charge in [-0.15, -0.1) is 0 Å². The van der Waals surface area contributed by atoms with Crippen LogP contribution in [-0.4, -0.2) is 86.2 Å². The van der Waals surface area contributed by atoms with Crippen molar-refractivity contribution in [2.45, 2.75) is 128 Å². The standard InChI is InChI=1S/C43H63N3O10S3/c1-41(2,3)25-12-8-14-27-44-40(47)22-9-7-13-26-43(6)34-18-10-11-19-36(34)46(29-17-31-58(51,52)53)39(43)21-15-20-38-42(4,5)35-32-33(59(54,55)56)23-24-37(35)45(38)28-16-30-57(48,49)50/h10-11,15,18-21,23-24,32H,7-9,12-14,16-17,22,25-31H2,1-6H3,(H3-,44,47,48,49,50,51,52,53,54,55,56)/p+1. The molecule has 0 radical (unpaired) electrons. The number of hydrogen-bond acceptors (Lipinski definition) is 8. The second kappa shape index (κ2) is 19.5. The van der Waals surface area contributed by atoms with Gasteiger partial charge in [-0.05, 0) is 88.1 Å². The van der Waals surface area contributed by atoms with E-state index in [0.717, 1.165) is 74.0 Å². The third-order valence-corrected chi connectivity index (χ3v) is 13.8. The number of hydrogen-bond donors (Lipinski definition) is 4. The zero-order valence-electron chi connectivity index (χ0n) is 35.4. The second-order valence-electron chi connectivity index (χ2n) is 17.8. The molecule has 2 aromatic carbocycles. The fourth-order valence-corrected chi connectivity index (χ4v) is 9.82. The fourth-order valence-electron chi connectivity index (χ4n) is 8.33. The van der Waals surface area contributed by atoms with Gasteiger partial charge in [0.1, 0.15) is 6.54 Å². The third-order valence-electron chi connectivity index (χ3n) is 11.4. The molecule has 0 aliphatic carbocycles. The second-order valence-corrected chi connectivity index (χ2v) is 22.4. The number of anilines is 1. The normalized spacial score (nSPS) is 18.9. The van der Waals surface area contributed by atoms with Crippen LogP contribution in [0, 0.1) is 5.41 Å². The lowest BCUT2D eigenvalue weighted by Crippen LogP contribution is -2.30. The lowest BCUT2D eigenvalue weighted by molar-refractivity contribution is -0.437. The molecule has 4 rings (SSSR count). The van der Waals surface area contributed by atoms with Gasteiger partial charge in [0.15, 0.2) is 5.71 Å². The first-order valence-electron chi connectivity index (χ1n) is 20.5.